The van der Waals surface area contributed by atoms with Gasteiger partial charge in [0.1, 0.15) is 0 Å². The quantitative estimate of drug-likeness (QED) is 0.669. The van der Waals surface area contributed by atoms with Gasteiger partial charge in [-0.25, -0.2) is 13.1 Å². The summed E-state index contributed by atoms with van der Waals surface area (Å²) in [6.07, 6.45) is 0.284. The minimum atomic E-state index is -3.47. The molecule has 0 aromatic heterocycles. The van der Waals surface area contributed by atoms with Crippen LogP contribution in [0.2, 0.25) is 0 Å². The minimum absolute atomic E-state index is 0.284. The molecule has 0 saturated heterocycles. The van der Waals surface area contributed by atoms with E-state index in [1.807, 2.05) is 0 Å². The molecule has 0 aromatic rings. The van der Waals surface area contributed by atoms with Crippen LogP contribution in [0.4, 0.5) is 0 Å². The second-order valence-electron chi connectivity index (χ2n) is 2.40. The van der Waals surface area contributed by atoms with E-state index in [1.165, 1.54) is 14.0 Å². The lowest BCUT2D eigenvalue weighted by Gasteiger charge is -2.18. The first-order valence-corrected chi connectivity index (χ1v) is 4.76. The number of rotatable bonds is 3. The van der Waals surface area contributed by atoms with Crippen LogP contribution in [0, 0.1) is 11.3 Å². The van der Waals surface area contributed by atoms with E-state index < -0.39 is 14.8 Å². The largest absolute Gasteiger partial charge is 0.230 e. The van der Waals surface area contributed by atoms with Gasteiger partial charge in [0.05, 0.1) is 6.07 Å². The van der Waals surface area contributed by atoms with Crippen LogP contribution in [-0.2, 0) is 10.0 Å². The summed E-state index contributed by atoms with van der Waals surface area (Å²) in [5.74, 6) is 0. The molecule has 5 heteroatoms. The molecule has 0 rings (SSSR count). The van der Waals surface area contributed by atoms with Gasteiger partial charge in [-0.3, -0.25) is 0 Å². The van der Waals surface area contributed by atoms with Gasteiger partial charge in [-0.15, -0.1) is 0 Å². The van der Waals surface area contributed by atoms with Crippen LogP contribution < -0.4 is 4.72 Å². The van der Waals surface area contributed by atoms with Crippen molar-refractivity contribution in [2.45, 2.75) is 25.0 Å². The van der Waals surface area contributed by atoms with E-state index in [0.717, 1.165) is 0 Å². The standard InChI is InChI=1S/C6H12N2O2S/c1-4-6(2,5-7)11(9,10)8-3/h8H,4H2,1-3H3. The Morgan fingerprint density at radius 1 is 1.64 bits per heavy atom. The molecule has 1 N–H and O–H groups in total. The molecule has 0 aliphatic heterocycles. The van der Waals surface area contributed by atoms with E-state index in [9.17, 15) is 8.42 Å². The summed E-state index contributed by atoms with van der Waals surface area (Å²) in [5, 5.41) is 8.58. The topological polar surface area (TPSA) is 70.0 Å². The lowest BCUT2D eigenvalue weighted by molar-refractivity contribution is 0.552. The van der Waals surface area contributed by atoms with Crippen molar-refractivity contribution in [3.05, 3.63) is 0 Å². The summed E-state index contributed by atoms with van der Waals surface area (Å²) >= 11 is 0. The molecule has 0 heterocycles. The van der Waals surface area contributed by atoms with Crippen LogP contribution in [0.15, 0.2) is 0 Å². The number of hydrogen-bond acceptors (Lipinski definition) is 3. The zero-order valence-electron chi connectivity index (χ0n) is 6.88. The van der Waals surface area contributed by atoms with Crippen LogP contribution in [0.25, 0.3) is 0 Å². The highest BCUT2D eigenvalue weighted by molar-refractivity contribution is 7.91. The Balaban J connectivity index is 4.99. The predicted molar refractivity (Wildman–Crippen MR) is 42.3 cm³/mol. The maximum Gasteiger partial charge on any atom is 0.230 e. The molecule has 1 atom stereocenters. The Hall–Kier alpha value is -0.600. The summed E-state index contributed by atoms with van der Waals surface area (Å²) in [6, 6.07) is 1.77. The predicted octanol–water partition coefficient (Wildman–Crippen LogP) is 0.228. The molecule has 0 aliphatic carbocycles. The average molecular weight is 176 g/mol. The molecule has 64 valence electrons. The second-order valence-corrected chi connectivity index (χ2v) is 4.72. The van der Waals surface area contributed by atoms with Crippen LogP contribution >= 0.6 is 0 Å². The van der Waals surface area contributed by atoms with Gasteiger partial charge < -0.3 is 0 Å². The normalized spacial score (nSPS) is 16.9. The monoisotopic (exact) mass is 176 g/mol. The maximum absolute atomic E-state index is 11.1. The molecule has 0 bridgehead atoms. The summed E-state index contributed by atoms with van der Waals surface area (Å²) in [5.41, 5.74) is 0. The first-order valence-electron chi connectivity index (χ1n) is 3.28. The summed E-state index contributed by atoms with van der Waals surface area (Å²) in [4.78, 5) is 0. The van der Waals surface area contributed by atoms with E-state index in [1.54, 1.807) is 13.0 Å². The van der Waals surface area contributed by atoms with Crippen LogP contribution in [0.1, 0.15) is 20.3 Å². The summed E-state index contributed by atoms with van der Waals surface area (Å²) in [7, 11) is -2.16. The van der Waals surface area contributed by atoms with Gasteiger partial charge >= 0.3 is 0 Å². The molecule has 0 aliphatic rings. The van der Waals surface area contributed by atoms with Gasteiger partial charge in [-0.2, -0.15) is 5.26 Å². The van der Waals surface area contributed by atoms with Crippen molar-refractivity contribution in [1.82, 2.24) is 4.72 Å². The lowest BCUT2D eigenvalue weighted by atomic mass is 10.1. The third kappa shape index (κ3) is 1.70. The third-order valence-electron chi connectivity index (χ3n) is 1.77. The first-order chi connectivity index (χ1) is 4.93. The SMILES string of the molecule is CCC(C)(C#N)S(=O)(=O)NC. The molecule has 1 unspecified atom stereocenters. The van der Waals surface area contributed by atoms with E-state index >= 15 is 0 Å². The zero-order chi connectivity index (χ0) is 9.12. The van der Waals surface area contributed by atoms with Gasteiger partial charge in [-0.1, -0.05) is 6.92 Å². The molecule has 4 nitrogen and oxygen atoms in total. The van der Waals surface area contributed by atoms with Crippen molar-refractivity contribution < 1.29 is 8.42 Å². The number of nitriles is 1. The maximum atomic E-state index is 11.1. The summed E-state index contributed by atoms with van der Waals surface area (Å²) < 4.78 is 23.1. The number of hydrogen-bond donors (Lipinski definition) is 1. The highest BCUT2D eigenvalue weighted by Gasteiger charge is 2.36. The third-order valence-corrected chi connectivity index (χ3v) is 3.88. The van der Waals surface area contributed by atoms with Crippen molar-refractivity contribution in [1.29, 1.82) is 5.26 Å². The van der Waals surface area contributed by atoms with Gasteiger partial charge in [0.2, 0.25) is 10.0 Å². The van der Waals surface area contributed by atoms with E-state index in [2.05, 4.69) is 4.72 Å². The van der Waals surface area contributed by atoms with Gasteiger partial charge in [-0.05, 0) is 20.4 Å². The minimum Gasteiger partial charge on any atom is -0.217 e. The lowest BCUT2D eigenvalue weighted by Crippen LogP contribution is -2.40. The smallest absolute Gasteiger partial charge is 0.217 e. The van der Waals surface area contributed by atoms with E-state index in [4.69, 9.17) is 5.26 Å². The van der Waals surface area contributed by atoms with E-state index in [0.29, 0.717) is 0 Å². The van der Waals surface area contributed by atoms with Crippen molar-refractivity contribution >= 4 is 10.0 Å². The summed E-state index contributed by atoms with van der Waals surface area (Å²) in [6.45, 7) is 3.07. The molecule has 0 aromatic carbocycles. The van der Waals surface area contributed by atoms with Crippen molar-refractivity contribution in [2.24, 2.45) is 0 Å². The number of nitrogens with one attached hydrogen (secondary N) is 1. The van der Waals surface area contributed by atoms with Crippen molar-refractivity contribution in [2.75, 3.05) is 7.05 Å². The Bertz CT molecular complexity index is 265. The van der Waals surface area contributed by atoms with Gasteiger partial charge in [0.15, 0.2) is 4.75 Å². The molecular weight excluding hydrogens is 164 g/mol. The zero-order valence-corrected chi connectivity index (χ0v) is 7.70. The van der Waals surface area contributed by atoms with Crippen molar-refractivity contribution in [3.8, 4) is 6.07 Å². The number of sulfonamides is 1. The first kappa shape index (κ1) is 10.4. The Morgan fingerprint density at radius 2 is 2.09 bits per heavy atom. The van der Waals surface area contributed by atoms with Crippen molar-refractivity contribution in [3.63, 3.8) is 0 Å². The fourth-order valence-electron chi connectivity index (χ4n) is 0.554. The highest BCUT2D eigenvalue weighted by Crippen LogP contribution is 2.17. The molecule has 0 spiro atoms. The van der Waals surface area contributed by atoms with Gasteiger partial charge in [0, 0.05) is 0 Å². The van der Waals surface area contributed by atoms with Gasteiger partial charge in [0.25, 0.3) is 0 Å². The molecule has 0 radical (unpaired) electrons. The molecular formula is C6H12N2O2S. The Labute approximate surface area is 67.3 Å². The molecule has 0 amide bonds. The average Bonchev–Trinajstić information content (AvgIpc) is 2.02. The van der Waals surface area contributed by atoms with Crippen LogP contribution in [0.5, 0.6) is 0 Å². The Kier molecular flexibility index (Phi) is 3.02. The molecule has 11 heavy (non-hydrogen) atoms. The molecule has 0 saturated carbocycles. The molecule has 0 fully saturated rings. The number of nitrogens with zero attached hydrogens (tertiary/aromatic N) is 1. The van der Waals surface area contributed by atoms with Crippen LogP contribution in [-0.4, -0.2) is 20.2 Å². The van der Waals surface area contributed by atoms with Crippen LogP contribution in [0.3, 0.4) is 0 Å². The second kappa shape index (κ2) is 3.20. The Morgan fingerprint density at radius 3 is 2.18 bits per heavy atom. The fourth-order valence-corrected chi connectivity index (χ4v) is 1.51. The van der Waals surface area contributed by atoms with E-state index in [-0.39, 0.29) is 6.42 Å². The fraction of sp³-hybridized carbons (Fsp3) is 0.833. The highest BCUT2D eigenvalue weighted by atomic mass is 32.2.